The van der Waals surface area contributed by atoms with Gasteiger partial charge in [-0.2, -0.15) is 0 Å². The van der Waals surface area contributed by atoms with Gasteiger partial charge in [0.25, 0.3) is 0 Å². The van der Waals surface area contributed by atoms with E-state index in [2.05, 4.69) is 33.8 Å². The minimum absolute atomic E-state index is 0.227. The number of nitrogens with one attached hydrogen (secondary N) is 2. The summed E-state index contributed by atoms with van der Waals surface area (Å²) in [5, 5.41) is 6.49. The van der Waals surface area contributed by atoms with Gasteiger partial charge in [-0.25, -0.2) is 0 Å². The topological polar surface area (TPSA) is 66.0 Å². The van der Waals surface area contributed by atoms with Crippen molar-refractivity contribution < 1.29 is 9.53 Å². The van der Waals surface area contributed by atoms with Gasteiger partial charge < -0.3 is 20.3 Å². The van der Waals surface area contributed by atoms with E-state index in [1.807, 2.05) is 24.8 Å². The SMILES string of the molecule is CN=C(NCCCC(=O)N1CCc2ccccc2C1)NCC(C)(C)OC. The molecule has 0 unspecified atom stereocenters. The number of benzene rings is 1. The second-order valence-electron chi connectivity index (χ2n) is 7.25. The lowest BCUT2D eigenvalue weighted by atomic mass is 9.99. The molecule has 0 bridgehead atoms. The third kappa shape index (κ3) is 6.02. The lowest BCUT2D eigenvalue weighted by molar-refractivity contribution is -0.132. The fourth-order valence-corrected chi connectivity index (χ4v) is 2.90. The molecule has 1 amide bonds. The van der Waals surface area contributed by atoms with Crippen molar-refractivity contribution in [3.63, 3.8) is 0 Å². The smallest absolute Gasteiger partial charge is 0.222 e. The second-order valence-corrected chi connectivity index (χ2v) is 7.25. The zero-order chi connectivity index (χ0) is 19.0. The standard InChI is InChI=1S/C20H32N4O2/c1-20(2,26-4)15-23-19(21-3)22-12-7-10-18(25)24-13-11-16-8-5-6-9-17(16)14-24/h5-6,8-9H,7,10-15H2,1-4H3,(H2,21,22,23). The Labute approximate surface area is 157 Å². The van der Waals surface area contributed by atoms with Crippen molar-refractivity contribution in [3.8, 4) is 0 Å². The molecule has 1 aromatic carbocycles. The maximum Gasteiger partial charge on any atom is 0.222 e. The highest BCUT2D eigenvalue weighted by atomic mass is 16.5. The summed E-state index contributed by atoms with van der Waals surface area (Å²) < 4.78 is 5.39. The van der Waals surface area contributed by atoms with Gasteiger partial charge in [0.15, 0.2) is 5.96 Å². The first-order valence-electron chi connectivity index (χ1n) is 9.29. The summed E-state index contributed by atoms with van der Waals surface area (Å²) >= 11 is 0. The van der Waals surface area contributed by atoms with Crippen LogP contribution >= 0.6 is 0 Å². The Kier molecular flexibility index (Phi) is 7.45. The maximum atomic E-state index is 12.5. The van der Waals surface area contributed by atoms with Crippen molar-refractivity contribution in [3.05, 3.63) is 35.4 Å². The van der Waals surface area contributed by atoms with Gasteiger partial charge in [-0.15, -0.1) is 0 Å². The molecule has 2 N–H and O–H groups in total. The molecule has 1 aliphatic rings. The van der Waals surface area contributed by atoms with Crippen LogP contribution in [-0.4, -0.2) is 56.2 Å². The Morgan fingerprint density at radius 3 is 2.69 bits per heavy atom. The highest BCUT2D eigenvalue weighted by Gasteiger charge is 2.20. The van der Waals surface area contributed by atoms with E-state index in [1.165, 1.54) is 11.1 Å². The van der Waals surface area contributed by atoms with Gasteiger partial charge in [0.2, 0.25) is 5.91 Å². The lowest BCUT2D eigenvalue weighted by Crippen LogP contribution is -2.45. The highest BCUT2D eigenvalue weighted by Crippen LogP contribution is 2.19. The van der Waals surface area contributed by atoms with Crippen molar-refractivity contribution >= 4 is 11.9 Å². The van der Waals surface area contributed by atoms with E-state index in [4.69, 9.17) is 4.74 Å². The Balaban J connectivity index is 1.68. The van der Waals surface area contributed by atoms with E-state index in [0.29, 0.717) is 19.5 Å². The molecule has 0 fully saturated rings. The molecule has 0 aromatic heterocycles. The van der Waals surface area contributed by atoms with Crippen LogP contribution in [0.25, 0.3) is 0 Å². The van der Waals surface area contributed by atoms with E-state index in [0.717, 1.165) is 31.9 Å². The van der Waals surface area contributed by atoms with Gasteiger partial charge in [-0.3, -0.25) is 9.79 Å². The Hall–Kier alpha value is -2.08. The van der Waals surface area contributed by atoms with Crippen molar-refractivity contribution in [1.82, 2.24) is 15.5 Å². The van der Waals surface area contributed by atoms with E-state index in [9.17, 15) is 4.79 Å². The Morgan fingerprint density at radius 2 is 2.00 bits per heavy atom. The van der Waals surface area contributed by atoms with E-state index >= 15 is 0 Å². The van der Waals surface area contributed by atoms with Crippen molar-refractivity contribution in [2.75, 3.05) is 33.8 Å². The maximum absolute atomic E-state index is 12.5. The monoisotopic (exact) mass is 360 g/mol. The van der Waals surface area contributed by atoms with Crippen molar-refractivity contribution in [2.24, 2.45) is 4.99 Å². The zero-order valence-electron chi connectivity index (χ0n) is 16.5. The van der Waals surface area contributed by atoms with Crippen LogP contribution < -0.4 is 10.6 Å². The minimum Gasteiger partial charge on any atom is -0.377 e. The number of fused-ring (bicyclic) bond motifs is 1. The fraction of sp³-hybridized carbons (Fsp3) is 0.600. The van der Waals surface area contributed by atoms with Crippen LogP contribution in [-0.2, 0) is 22.5 Å². The number of amides is 1. The molecule has 0 atom stereocenters. The number of guanidine groups is 1. The predicted octanol–water partition coefficient (Wildman–Crippen LogP) is 1.94. The number of carbonyl (C=O) groups excluding carboxylic acids is 1. The van der Waals surface area contributed by atoms with Crippen LogP contribution in [0.4, 0.5) is 0 Å². The number of carbonyl (C=O) groups is 1. The molecule has 0 spiro atoms. The van der Waals surface area contributed by atoms with Crippen LogP contribution in [0.1, 0.15) is 37.8 Å². The number of methoxy groups -OCH3 is 1. The number of rotatable bonds is 7. The normalized spacial score (nSPS) is 14.8. The average Bonchev–Trinajstić information content (AvgIpc) is 2.66. The number of nitrogens with zero attached hydrogens (tertiary/aromatic N) is 2. The summed E-state index contributed by atoms with van der Waals surface area (Å²) in [6.07, 6.45) is 2.28. The molecular weight excluding hydrogens is 328 g/mol. The van der Waals surface area contributed by atoms with Gasteiger partial charge in [-0.1, -0.05) is 24.3 Å². The molecule has 26 heavy (non-hydrogen) atoms. The Morgan fingerprint density at radius 1 is 1.27 bits per heavy atom. The summed E-state index contributed by atoms with van der Waals surface area (Å²) in [7, 11) is 3.44. The molecule has 1 heterocycles. The third-order valence-electron chi connectivity index (χ3n) is 4.80. The third-order valence-corrected chi connectivity index (χ3v) is 4.80. The molecule has 6 nitrogen and oxygen atoms in total. The van der Waals surface area contributed by atoms with E-state index < -0.39 is 0 Å². The van der Waals surface area contributed by atoms with Crippen LogP contribution in [0.3, 0.4) is 0 Å². The molecule has 0 saturated carbocycles. The molecule has 1 aromatic rings. The quantitative estimate of drug-likeness (QED) is 0.443. The fourth-order valence-electron chi connectivity index (χ4n) is 2.90. The molecule has 0 aliphatic carbocycles. The second kappa shape index (κ2) is 9.57. The van der Waals surface area contributed by atoms with Crippen LogP contribution in [0.2, 0.25) is 0 Å². The lowest BCUT2D eigenvalue weighted by Gasteiger charge is -2.29. The van der Waals surface area contributed by atoms with Crippen LogP contribution in [0.15, 0.2) is 29.3 Å². The van der Waals surface area contributed by atoms with Gasteiger partial charge in [0.05, 0.1) is 5.60 Å². The summed E-state index contributed by atoms with van der Waals surface area (Å²) in [5.41, 5.74) is 2.39. The van der Waals surface area contributed by atoms with Crippen LogP contribution in [0.5, 0.6) is 0 Å². The molecule has 2 rings (SSSR count). The average molecular weight is 361 g/mol. The van der Waals surface area contributed by atoms with Gasteiger partial charge in [0, 0.05) is 46.8 Å². The van der Waals surface area contributed by atoms with Crippen molar-refractivity contribution in [2.45, 2.75) is 45.3 Å². The van der Waals surface area contributed by atoms with Gasteiger partial charge in [-0.05, 0) is 37.8 Å². The largest absolute Gasteiger partial charge is 0.377 e. The molecule has 6 heteroatoms. The summed E-state index contributed by atoms with van der Waals surface area (Å²) in [4.78, 5) is 18.6. The van der Waals surface area contributed by atoms with Gasteiger partial charge >= 0.3 is 0 Å². The minimum atomic E-state index is -0.252. The molecule has 144 valence electrons. The first-order chi connectivity index (χ1) is 12.4. The predicted molar refractivity (Wildman–Crippen MR) is 105 cm³/mol. The first-order valence-corrected chi connectivity index (χ1v) is 9.29. The molecule has 0 radical (unpaired) electrons. The zero-order valence-corrected chi connectivity index (χ0v) is 16.5. The summed E-state index contributed by atoms with van der Waals surface area (Å²) in [6.45, 7) is 6.96. The van der Waals surface area contributed by atoms with Crippen LogP contribution in [0, 0.1) is 0 Å². The van der Waals surface area contributed by atoms with Gasteiger partial charge in [0.1, 0.15) is 0 Å². The summed E-state index contributed by atoms with van der Waals surface area (Å²) in [5.74, 6) is 0.958. The van der Waals surface area contributed by atoms with E-state index in [1.54, 1.807) is 14.2 Å². The van der Waals surface area contributed by atoms with E-state index in [-0.39, 0.29) is 11.5 Å². The Bertz CT molecular complexity index is 628. The number of hydrogen-bond donors (Lipinski definition) is 2. The number of hydrogen-bond acceptors (Lipinski definition) is 3. The highest BCUT2D eigenvalue weighted by molar-refractivity contribution is 5.80. The molecule has 0 saturated heterocycles. The first kappa shape index (κ1) is 20.2. The number of aliphatic imine (C=N–C) groups is 1. The molecule has 1 aliphatic heterocycles. The summed E-state index contributed by atoms with van der Waals surface area (Å²) in [6, 6.07) is 8.38. The van der Waals surface area contributed by atoms with Crippen molar-refractivity contribution in [1.29, 1.82) is 0 Å². The molecular formula is C20H32N4O2. The number of ether oxygens (including phenoxy) is 1.